The average molecular weight is 195 g/mol. The summed E-state index contributed by atoms with van der Waals surface area (Å²) < 4.78 is 2.45. The minimum absolute atomic E-state index is 0.408. The predicted octanol–water partition coefficient (Wildman–Crippen LogP) is 1.84. The van der Waals surface area contributed by atoms with Crippen LogP contribution < -0.4 is 0 Å². The number of nitrogens with zero attached hydrogens (tertiary/aromatic N) is 2. The fourth-order valence-electron chi connectivity index (χ4n) is 0.403. The third-order valence-electron chi connectivity index (χ3n) is 0.731. The van der Waals surface area contributed by atoms with Gasteiger partial charge < -0.3 is 0 Å². The summed E-state index contributed by atoms with van der Waals surface area (Å²) in [6, 6.07) is 2.24. The van der Waals surface area contributed by atoms with Crippen LogP contribution in [0.3, 0.4) is 0 Å². The molecule has 2 nitrogen and oxygen atoms in total. The molecule has 1 heterocycles. The minimum atomic E-state index is 0.408. The van der Waals surface area contributed by atoms with Crippen molar-refractivity contribution in [2.45, 2.75) is 6.00 Å². The van der Waals surface area contributed by atoms with E-state index in [-0.39, 0.29) is 0 Å². The average Bonchev–Trinajstić information content (AvgIpc) is 2.14. The van der Waals surface area contributed by atoms with E-state index in [2.05, 4.69) is 21.0 Å². The molecule has 0 fully saturated rings. The second-order valence-corrected chi connectivity index (χ2v) is 2.35. The second kappa shape index (κ2) is 2.51. The van der Waals surface area contributed by atoms with Gasteiger partial charge in [0.15, 0.2) is 0 Å². The van der Waals surface area contributed by atoms with Gasteiger partial charge in [-0.3, -0.25) is 4.68 Å². The molecule has 0 aliphatic heterocycles. The molecular weight excluding hydrogens is 191 g/mol. The first-order valence-electron chi connectivity index (χ1n) is 2.08. The lowest BCUT2D eigenvalue weighted by molar-refractivity contribution is 0.738. The molecule has 1 rings (SSSR count). The van der Waals surface area contributed by atoms with E-state index in [1.807, 2.05) is 6.07 Å². The van der Waals surface area contributed by atoms with Gasteiger partial charge in [-0.15, -0.1) is 11.6 Å². The molecular formula is C4H4BrClN2. The molecule has 0 aromatic carbocycles. The molecule has 0 radical (unpaired) electrons. The van der Waals surface area contributed by atoms with Gasteiger partial charge in [0.1, 0.15) is 10.6 Å². The van der Waals surface area contributed by atoms with Crippen LogP contribution in [0.5, 0.6) is 0 Å². The summed E-state index contributed by atoms with van der Waals surface area (Å²) in [6.07, 6.45) is 1.80. The Balaban J connectivity index is 2.84. The monoisotopic (exact) mass is 194 g/mol. The number of halogens is 2. The van der Waals surface area contributed by atoms with Crippen molar-refractivity contribution in [2.75, 3.05) is 0 Å². The lowest BCUT2D eigenvalue weighted by Crippen LogP contribution is -1.90. The Labute approximate surface area is 60.6 Å². The molecule has 0 atom stereocenters. The van der Waals surface area contributed by atoms with Gasteiger partial charge in [-0.05, 0) is 22.0 Å². The second-order valence-electron chi connectivity index (χ2n) is 1.30. The zero-order chi connectivity index (χ0) is 5.98. The van der Waals surface area contributed by atoms with E-state index in [0.717, 1.165) is 4.60 Å². The van der Waals surface area contributed by atoms with Crippen LogP contribution >= 0.6 is 27.5 Å². The molecule has 0 aliphatic rings. The van der Waals surface area contributed by atoms with Gasteiger partial charge in [0.05, 0.1) is 0 Å². The first kappa shape index (κ1) is 6.11. The Hall–Kier alpha value is -0.0200. The zero-order valence-electron chi connectivity index (χ0n) is 4.01. The van der Waals surface area contributed by atoms with E-state index >= 15 is 0 Å². The van der Waals surface area contributed by atoms with Crippen LogP contribution in [-0.2, 0) is 6.00 Å². The summed E-state index contributed by atoms with van der Waals surface area (Å²) in [7, 11) is 0. The van der Waals surface area contributed by atoms with Gasteiger partial charge in [-0.2, -0.15) is 5.10 Å². The Kier molecular flexibility index (Phi) is 1.91. The van der Waals surface area contributed by atoms with Gasteiger partial charge >= 0.3 is 0 Å². The highest BCUT2D eigenvalue weighted by molar-refractivity contribution is 9.10. The first-order valence-corrected chi connectivity index (χ1v) is 3.40. The SMILES string of the molecule is ClCn1ccc(Br)n1. The lowest BCUT2D eigenvalue weighted by atomic mass is 10.8. The van der Waals surface area contributed by atoms with Crippen molar-refractivity contribution in [1.82, 2.24) is 9.78 Å². The van der Waals surface area contributed by atoms with Gasteiger partial charge in [0.2, 0.25) is 0 Å². The Morgan fingerprint density at radius 2 is 2.62 bits per heavy atom. The number of hydrogen-bond acceptors (Lipinski definition) is 1. The van der Waals surface area contributed by atoms with E-state index in [1.165, 1.54) is 0 Å². The fraction of sp³-hybridized carbons (Fsp3) is 0.250. The summed E-state index contributed by atoms with van der Waals surface area (Å²) in [4.78, 5) is 0. The molecule has 1 aromatic rings. The van der Waals surface area contributed by atoms with Crippen molar-refractivity contribution < 1.29 is 0 Å². The normalized spacial score (nSPS) is 9.75. The fourth-order valence-corrected chi connectivity index (χ4v) is 0.859. The van der Waals surface area contributed by atoms with Crippen molar-refractivity contribution in [3.63, 3.8) is 0 Å². The van der Waals surface area contributed by atoms with Crippen LogP contribution in [0.1, 0.15) is 0 Å². The molecule has 0 aliphatic carbocycles. The van der Waals surface area contributed by atoms with Crippen molar-refractivity contribution in [1.29, 1.82) is 0 Å². The van der Waals surface area contributed by atoms with E-state index in [1.54, 1.807) is 10.9 Å². The standard InChI is InChI=1S/C4H4BrClN2/c5-4-1-2-8(3-6)7-4/h1-2H,3H2. The Morgan fingerprint density at radius 3 is 2.88 bits per heavy atom. The summed E-state index contributed by atoms with van der Waals surface area (Å²) >= 11 is 8.60. The quantitative estimate of drug-likeness (QED) is 0.625. The number of alkyl halides is 1. The molecule has 0 N–H and O–H groups in total. The summed E-state index contributed by atoms with van der Waals surface area (Å²) in [5, 5.41) is 3.93. The molecule has 44 valence electrons. The maximum absolute atomic E-state index is 5.42. The van der Waals surface area contributed by atoms with Crippen molar-refractivity contribution >= 4 is 27.5 Å². The summed E-state index contributed by atoms with van der Waals surface area (Å²) in [5.74, 6) is 0. The summed E-state index contributed by atoms with van der Waals surface area (Å²) in [6.45, 7) is 0. The van der Waals surface area contributed by atoms with Gasteiger partial charge in [-0.25, -0.2) is 0 Å². The number of rotatable bonds is 1. The van der Waals surface area contributed by atoms with Crippen LogP contribution in [0.2, 0.25) is 0 Å². The summed E-state index contributed by atoms with van der Waals surface area (Å²) in [5.41, 5.74) is 0. The molecule has 0 amide bonds. The van der Waals surface area contributed by atoms with E-state index in [4.69, 9.17) is 11.6 Å². The molecule has 4 heteroatoms. The van der Waals surface area contributed by atoms with Gasteiger partial charge in [-0.1, -0.05) is 0 Å². The van der Waals surface area contributed by atoms with Crippen LogP contribution in [0.4, 0.5) is 0 Å². The third kappa shape index (κ3) is 1.23. The predicted molar refractivity (Wildman–Crippen MR) is 35.8 cm³/mol. The smallest absolute Gasteiger partial charge is 0.128 e. The minimum Gasteiger partial charge on any atom is -0.257 e. The highest BCUT2D eigenvalue weighted by atomic mass is 79.9. The third-order valence-corrected chi connectivity index (χ3v) is 1.40. The number of aromatic nitrogens is 2. The van der Waals surface area contributed by atoms with Crippen LogP contribution in [0.25, 0.3) is 0 Å². The Bertz CT molecular complexity index is 174. The van der Waals surface area contributed by atoms with Crippen molar-refractivity contribution in [3.05, 3.63) is 16.9 Å². The Morgan fingerprint density at radius 1 is 1.88 bits per heavy atom. The van der Waals surface area contributed by atoms with Crippen molar-refractivity contribution in [2.24, 2.45) is 0 Å². The maximum Gasteiger partial charge on any atom is 0.128 e. The molecule has 0 saturated heterocycles. The molecule has 8 heavy (non-hydrogen) atoms. The van der Waals surface area contributed by atoms with Crippen LogP contribution in [-0.4, -0.2) is 9.78 Å². The number of hydrogen-bond donors (Lipinski definition) is 0. The van der Waals surface area contributed by atoms with Crippen LogP contribution in [0.15, 0.2) is 16.9 Å². The van der Waals surface area contributed by atoms with Crippen molar-refractivity contribution in [3.8, 4) is 0 Å². The van der Waals surface area contributed by atoms with Gasteiger partial charge in [0.25, 0.3) is 0 Å². The topological polar surface area (TPSA) is 17.8 Å². The molecule has 0 unspecified atom stereocenters. The lowest BCUT2D eigenvalue weighted by Gasteiger charge is -1.86. The highest BCUT2D eigenvalue weighted by Crippen LogP contribution is 2.03. The molecule has 0 bridgehead atoms. The zero-order valence-corrected chi connectivity index (χ0v) is 6.35. The molecule has 1 aromatic heterocycles. The van der Waals surface area contributed by atoms with Gasteiger partial charge in [0, 0.05) is 6.20 Å². The first-order chi connectivity index (χ1) is 3.83. The van der Waals surface area contributed by atoms with E-state index < -0.39 is 0 Å². The maximum atomic E-state index is 5.42. The largest absolute Gasteiger partial charge is 0.257 e. The van der Waals surface area contributed by atoms with E-state index in [9.17, 15) is 0 Å². The van der Waals surface area contributed by atoms with Crippen LogP contribution in [0, 0.1) is 0 Å². The van der Waals surface area contributed by atoms with E-state index in [0.29, 0.717) is 6.00 Å². The molecule has 0 saturated carbocycles. The highest BCUT2D eigenvalue weighted by Gasteiger charge is 1.88. The molecule has 0 spiro atoms.